The van der Waals surface area contributed by atoms with Crippen LogP contribution in [0.15, 0.2) is 28.3 Å². The molecule has 1 aromatic heterocycles. The van der Waals surface area contributed by atoms with Crippen LogP contribution in [-0.4, -0.2) is 10.9 Å². The first-order chi connectivity index (χ1) is 11.2. The van der Waals surface area contributed by atoms with Gasteiger partial charge in [0.25, 0.3) is 0 Å². The summed E-state index contributed by atoms with van der Waals surface area (Å²) < 4.78 is 5.47. The molecule has 0 radical (unpaired) electrons. The highest BCUT2D eigenvalue weighted by molar-refractivity contribution is 5.99. The molecule has 0 saturated heterocycles. The number of aromatic nitrogens is 1. The van der Waals surface area contributed by atoms with Gasteiger partial charge in [-0.3, -0.25) is 4.79 Å². The number of allylic oxidation sites excluding steroid dienone is 1. The predicted octanol–water partition coefficient (Wildman–Crippen LogP) is 4.87. The van der Waals surface area contributed by atoms with E-state index in [2.05, 4.69) is 11.2 Å². The number of fused-ring (bicyclic) bond motifs is 1. The minimum Gasteiger partial charge on any atom is -0.356 e. The first-order valence-corrected chi connectivity index (χ1v) is 8.79. The average molecular weight is 307 g/mol. The number of carbonyl (C=O) groups excluding carboxylic acids is 1. The lowest BCUT2D eigenvalue weighted by atomic mass is 9.54. The van der Waals surface area contributed by atoms with Crippen LogP contribution in [0.1, 0.15) is 55.1 Å². The van der Waals surface area contributed by atoms with Crippen molar-refractivity contribution in [3.63, 3.8) is 0 Å². The van der Waals surface area contributed by atoms with Crippen LogP contribution in [0.25, 0.3) is 17.0 Å². The molecule has 0 amide bonds. The number of ketones is 1. The van der Waals surface area contributed by atoms with Gasteiger partial charge in [-0.1, -0.05) is 10.7 Å². The Hall–Kier alpha value is -1.90. The SMILES string of the molecule is CC(=O)c1ccc2onc(C=C3C4CC5CC(C4)CC3C5)c2c1. The number of nitrogens with zero attached hydrogens (tertiary/aromatic N) is 1. The second-order valence-electron chi connectivity index (χ2n) is 7.78. The summed E-state index contributed by atoms with van der Waals surface area (Å²) in [4.78, 5) is 11.6. The molecular weight excluding hydrogens is 286 g/mol. The third-order valence-corrected chi connectivity index (χ3v) is 6.29. The fourth-order valence-corrected chi connectivity index (χ4v) is 5.40. The molecule has 0 atom stereocenters. The Morgan fingerprint density at radius 1 is 1.13 bits per heavy atom. The molecule has 4 fully saturated rings. The molecule has 2 aromatic rings. The summed E-state index contributed by atoms with van der Waals surface area (Å²) in [5.74, 6) is 3.53. The molecule has 1 heterocycles. The highest BCUT2D eigenvalue weighted by atomic mass is 16.5. The highest BCUT2D eigenvalue weighted by Crippen LogP contribution is 2.56. The molecule has 0 unspecified atom stereocenters. The zero-order chi connectivity index (χ0) is 15.6. The molecule has 4 aliphatic rings. The average Bonchev–Trinajstić information content (AvgIpc) is 2.92. The van der Waals surface area contributed by atoms with Gasteiger partial charge in [-0.15, -0.1) is 0 Å². The van der Waals surface area contributed by atoms with Gasteiger partial charge in [0.15, 0.2) is 11.4 Å². The quantitative estimate of drug-likeness (QED) is 0.743. The Balaban J connectivity index is 1.58. The summed E-state index contributed by atoms with van der Waals surface area (Å²) in [6.45, 7) is 1.60. The number of hydrogen-bond acceptors (Lipinski definition) is 3. The molecule has 23 heavy (non-hydrogen) atoms. The lowest BCUT2D eigenvalue weighted by Gasteiger charge is -2.51. The first kappa shape index (κ1) is 13.5. The maximum atomic E-state index is 11.6. The molecule has 4 aliphatic carbocycles. The van der Waals surface area contributed by atoms with E-state index in [9.17, 15) is 4.79 Å². The molecule has 0 N–H and O–H groups in total. The number of benzene rings is 1. The number of Topliss-reactive ketones (excluding diaryl/α,β-unsaturated/α-hetero) is 1. The largest absolute Gasteiger partial charge is 0.356 e. The fraction of sp³-hybridized carbons (Fsp3) is 0.500. The molecule has 0 spiro atoms. The second kappa shape index (κ2) is 4.80. The van der Waals surface area contributed by atoms with E-state index in [0.29, 0.717) is 0 Å². The summed E-state index contributed by atoms with van der Waals surface area (Å²) in [5, 5.41) is 5.26. The van der Waals surface area contributed by atoms with Crippen molar-refractivity contribution in [3.8, 4) is 0 Å². The van der Waals surface area contributed by atoms with Crippen molar-refractivity contribution in [1.29, 1.82) is 0 Å². The minimum atomic E-state index is 0.0846. The van der Waals surface area contributed by atoms with Crippen LogP contribution in [-0.2, 0) is 0 Å². The van der Waals surface area contributed by atoms with Gasteiger partial charge < -0.3 is 4.52 Å². The van der Waals surface area contributed by atoms with Crippen molar-refractivity contribution in [2.45, 2.75) is 39.0 Å². The van der Waals surface area contributed by atoms with Crippen LogP contribution in [0, 0.1) is 23.7 Å². The van der Waals surface area contributed by atoms with Crippen LogP contribution in [0.4, 0.5) is 0 Å². The Kier molecular flexibility index (Phi) is 2.82. The Morgan fingerprint density at radius 3 is 2.48 bits per heavy atom. The van der Waals surface area contributed by atoms with Crippen LogP contribution < -0.4 is 0 Å². The van der Waals surface area contributed by atoms with Crippen molar-refractivity contribution < 1.29 is 9.32 Å². The molecule has 6 rings (SSSR count). The van der Waals surface area contributed by atoms with Crippen molar-refractivity contribution in [3.05, 3.63) is 35.0 Å². The lowest BCUT2D eigenvalue weighted by Crippen LogP contribution is -2.40. The Morgan fingerprint density at radius 2 is 1.83 bits per heavy atom. The summed E-state index contributed by atoms with van der Waals surface area (Å²) in [6.07, 6.45) is 9.22. The lowest BCUT2D eigenvalue weighted by molar-refractivity contribution is 0.0710. The number of carbonyl (C=O) groups is 1. The van der Waals surface area contributed by atoms with Gasteiger partial charge in [0.1, 0.15) is 5.69 Å². The Bertz CT molecular complexity index is 799. The monoisotopic (exact) mass is 307 g/mol. The number of rotatable bonds is 2. The molecule has 3 heteroatoms. The van der Waals surface area contributed by atoms with Crippen LogP contribution in [0.3, 0.4) is 0 Å². The van der Waals surface area contributed by atoms with Gasteiger partial charge in [-0.05, 0) is 87.0 Å². The van der Waals surface area contributed by atoms with E-state index in [-0.39, 0.29) is 5.78 Å². The Labute approximate surface area is 135 Å². The third kappa shape index (κ3) is 2.09. The number of hydrogen-bond donors (Lipinski definition) is 0. The summed E-state index contributed by atoms with van der Waals surface area (Å²) >= 11 is 0. The minimum absolute atomic E-state index is 0.0846. The summed E-state index contributed by atoms with van der Waals surface area (Å²) in [7, 11) is 0. The van der Waals surface area contributed by atoms with Crippen molar-refractivity contribution >= 4 is 22.8 Å². The van der Waals surface area contributed by atoms with E-state index < -0.39 is 0 Å². The van der Waals surface area contributed by atoms with Crippen LogP contribution in [0.2, 0.25) is 0 Å². The maximum absolute atomic E-state index is 11.6. The van der Waals surface area contributed by atoms with Crippen molar-refractivity contribution in [2.75, 3.05) is 0 Å². The summed E-state index contributed by atoms with van der Waals surface area (Å²) in [6, 6.07) is 5.60. The zero-order valence-corrected chi connectivity index (χ0v) is 13.4. The van der Waals surface area contributed by atoms with E-state index in [1.54, 1.807) is 12.5 Å². The first-order valence-electron chi connectivity index (χ1n) is 8.79. The van der Waals surface area contributed by atoms with Crippen molar-refractivity contribution in [1.82, 2.24) is 5.16 Å². The van der Waals surface area contributed by atoms with Crippen molar-refractivity contribution in [2.24, 2.45) is 23.7 Å². The van der Waals surface area contributed by atoms with E-state index in [1.807, 2.05) is 18.2 Å². The molecule has 3 nitrogen and oxygen atoms in total. The molecular formula is C20H21NO2. The van der Waals surface area contributed by atoms with Gasteiger partial charge in [-0.2, -0.15) is 0 Å². The van der Waals surface area contributed by atoms with Gasteiger partial charge in [0, 0.05) is 10.9 Å². The van der Waals surface area contributed by atoms with Gasteiger partial charge >= 0.3 is 0 Å². The van der Waals surface area contributed by atoms with E-state index >= 15 is 0 Å². The smallest absolute Gasteiger partial charge is 0.167 e. The van der Waals surface area contributed by atoms with Gasteiger partial charge in [-0.25, -0.2) is 0 Å². The third-order valence-electron chi connectivity index (χ3n) is 6.29. The second-order valence-corrected chi connectivity index (χ2v) is 7.78. The van der Waals surface area contributed by atoms with E-state index in [1.165, 1.54) is 32.1 Å². The van der Waals surface area contributed by atoms with E-state index in [0.717, 1.165) is 45.9 Å². The standard InChI is InChI=1S/C20H21NO2/c1-11(22)14-2-3-20-18(9-14)19(21-23-20)10-17-15-5-12-4-13(7-15)8-16(17)6-12/h2-3,9-10,12-13,15-16H,4-8H2,1H3. The molecule has 4 bridgehead atoms. The molecule has 0 aliphatic heterocycles. The van der Waals surface area contributed by atoms with Gasteiger partial charge in [0.2, 0.25) is 0 Å². The summed E-state index contributed by atoms with van der Waals surface area (Å²) in [5.41, 5.74) is 4.00. The molecule has 1 aromatic carbocycles. The maximum Gasteiger partial charge on any atom is 0.167 e. The molecule has 118 valence electrons. The van der Waals surface area contributed by atoms with Crippen LogP contribution in [0.5, 0.6) is 0 Å². The van der Waals surface area contributed by atoms with Gasteiger partial charge in [0.05, 0.1) is 0 Å². The predicted molar refractivity (Wildman–Crippen MR) is 89.0 cm³/mol. The highest BCUT2D eigenvalue weighted by Gasteiger charge is 2.45. The fourth-order valence-electron chi connectivity index (χ4n) is 5.40. The topological polar surface area (TPSA) is 43.1 Å². The van der Waals surface area contributed by atoms with Crippen LogP contribution >= 0.6 is 0 Å². The normalized spacial score (nSPS) is 31.8. The van der Waals surface area contributed by atoms with E-state index in [4.69, 9.17) is 4.52 Å². The zero-order valence-electron chi connectivity index (χ0n) is 13.4. The molecule has 4 saturated carbocycles.